The summed E-state index contributed by atoms with van der Waals surface area (Å²) in [5.74, 6) is 0.848. The molecule has 0 spiro atoms. The Balaban J connectivity index is 1.35. The van der Waals surface area contributed by atoms with Gasteiger partial charge in [-0.15, -0.1) is 10.2 Å². The van der Waals surface area contributed by atoms with Crippen LogP contribution in [-0.2, 0) is 11.2 Å². The van der Waals surface area contributed by atoms with Crippen molar-refractivity contribution in [1.82, 2.24) is 19.6 Å². The summed E-state index contributed by atoms with van der Waals surface area (Å²) in [6, 6.07) is 13.6. The standard InChI is InChI=1S/C17H15N5OS/c23-16(19-17-18-12-6-1-2-7-13(12)24-17)10-5-9-15-21-20-14-8-3-4-11-22(14)15/h1-4,6-8,11H,5,9-10H2,(H,18,19,23). The topological polar surface area (TPSA) is 72.2 Å². The number of carbonyl (C=O) groups is 1. The molecule has 1 N–H and O–H groups in total. The molecule has 1 amide bonds. The first-order chi connectivity index (χ1) is 11.8. The molecule has 0 bridgehead atoms. The van der Waals surface area contributed by atoms with E-state index in [9.17, 15) is 4.79 Å². The Morgan fingerprint density at radius 3 is 2.92 bits per heavy atom. The van der Waals surface area contributed by atoms with Crippen molar-refractivity contribution in [3.63, 3.8) is 0 Å². The highest BCUT2D eigenvalue weighted by atomic mass is 32.1. The molecule has 0 radical (unpaired) electrons. The van der Waals surface area contributed by atoms with Gasteiger partial charge in [-0.1, -0.05) is 29.5 Å². The molecule has 3 heterocycles. The highest BCUT2D eigenvalue weighted by molar-refractivity contribution is 7.22. The summed E-state index contributed by atoms with van der Waals surface area (Å²) in [5, 5.41) is 11.8. The summed E-state index contributed by atoms with van der Waals surface area (Å²) >= 11 is 1.49. The van der Waals surface area contributed by atoms with Gasteiger partial charge in [0.15, 0.2) is 10.8 Å². The fourth-order valence-electron chi connectivity index (χ4n) is 2.58. The van der Waals surface area contributed by atoms with Gasteiger partial charge in [-0.3, -0.25) is 9.20 Å². The number of amides is 1. The molecule has 24 heavy (non-hydrogen) atoms. The summed E-state index contributed by atoms with van der Waals surface area (Å²) < 4.78 is 3.02. The van der Waals surface area contributed by atoms with Crippen LogP contribution in [0.1, 0.15) is 18.7 Å². The zero-order valence-corrected chi connectivity index (χ0v) is 13.7. The van der Waals surface area contributed by atoms with E-state index in [1.165, 1.54) is 11.3 Å². The van der Waals surface area contributed by atoms with E-state index in [0.29, 0.717) is 24.4 Å². The Labute approximate surface area is 142 Å². The molecule has 0 saturated heterocycles. The third-order valence-electron chi connectivity index (χ3n) is 3.73. The molecule has 0 aliphatic carbocycles. The van der Waals surface area contributed by atoms with Crippen LogP contribution in [0, 0.1) is 0 Å². The number of nitrogens with zero attached hydrogens (tertiary/aromatic N) is 4. The predicted molar refractivity (Wildman–Crippen MR) is 94.2 cm³/mol. The third kappa shape index (κ3) is 2.98. The number of aryl methyl sites for hydroxylation is 1. The lowest BCUT2D eigenvalue weighted by molar-refractivity contribution is -0.116. The van der Waals surface area contributed by atoms with Crippen molar-refractivity contribution in [2.75, 3.05) is 5.32 Å². The fourth-order valence-corrected chi connectivity index (χ4v) is 3.46. The molecular formula is C17H15N5OS. The Morgan fingerprint density at radius 1 is 1.12 bits per heavy atom. The van der Waals surface area contributed by atoms with E-state index in [2.05, 4.69) is 20.5 Å². The lowest BCUT2D eigenvalue weighted by Gasteiger charge is -2.01. The first kappa shape index (κ1) is 14.8. The van der Waals surface area contributed by atoms with E-state index in [1.54, 1.807) is 0 Å². The molecule has 120 valence electrons. The largest absolute Gasteiger partial charge is 0.302 e. The predicted octanol–water partition coefficient (Wildman–Crippen LogP) is 3.30. The maximum atomic E-state index is 12.1. The second-order valence-electron chi connectivity index (χ2n) is 5.43. The van der Waals surface area contributed by atoms with Crippen LogP contribution < -0.4 is 5.32 Å². The SMILES string of the molecule is O=C(CCCc1nnc2ccccn12)Nc1nc2ccccc2s1. The van der Waals surface area contributed by atoms with Gasteiger partial charge in [-0.25, -0.2) is 4.98 Å². The third-order valence-corrected chi connectivity index (χ3v) is 4.68. The van der Waals surface area contributed by atoms with Gasteiger partial charge < -0.3 is 5.32 Å². The van der Waals surface area contributed by atoms with Gasteiger partial charge in [0, 0.05) is 19.0 Å². The van der Waals surface area contributed by atoms with Gasteiger partial charge >= 0.3 is 0 Å². The number of hydrogen-bond acceptors (Lipinski definition) is 5. The summed E-state index contributed by atoms with van der Waals surface area (Å²) in [6.07, 6.45) is 3.79. The first-order valence-corrected chi connectivity index (χ1v) is 8.55. The molecule has 0 aliphatic rings. The lowest BCUT2D eigenvalue weighted by atomic mass is 10.2. The summed E-state index contributed by atoms with van der Waals surface area (Å²) in [5.41, 5.74) is 1.74. The van der Waals surface area contributed by atoms with Crippen molar-refractivity contribution in [3.05, 3.63) is 54.5 Å². The number of rotatable bonds is 5. The monoisotopic (exact) mass is 337 g/mol. The van der Waals surface area contributed by atoms with Crippen molar-refractivity contribution < 1.29 is 4.79 Å². The van der Waals surface area contributed by atoms with Crippen molar-refractivity contribution in [2.45, 2.75) is 19.3 Å². The van der Waals surface area contributed by atoms with Crippen molar-refractivity contribution >= 4 is 38.2 Å². The number of pyridine rings is 1. The Kier molecular flexibility index (Phi) is 3.92. The van der Waals surface area contributed by atoms with E-state index < -0.39 is 0 Å². The molecule has 4 aromatic rings. The number of benzene rings is 1. The normalized spacial score (nSPS) is 11.2. The van der Waals surface area contributed by atoms with E-state index in [4.69, 9.17) is 0 Å². The number of fused-ring (bicyclic) bond motifs is 2. The maximum Gasteiger partial charge on any atom is 0.226 e. The number of hydrogen-bond donors (Lipinski definition) is 1. The molecule has 1 aromatic carbocycles. The van der Waals surface area contributed by atoms with Gasteiger partial charge in [-0.05, 0) is 30.7 Å². The average molecular weight is 337 g/mol. The Morgan fingerprint density at radius 2 is 2.00 bits per heavy atom. The van der Waals surface area contributed by atoms with E-state index in [-0.39, 0.29) is 5.91 Å². The molecule has 0 fully saturated rings. The molecule has 0 aliphatic heterocycles. The summed E-state index contributed by atoms with van der Waals surface area (Å²) in [6.45, 7) is 0. The average Bonchev–Trinajstić information content (AvgIpc) is 3.18. The van der Waals surface area contributed by atoms with E-state index >= 15 is 0 Å². The van der Waals surface area contributed by atoms with Gasteiger partial charge in [0.1, 0.15) is 5.82 Å². The van der Waals surface area contributed by atoms with Gasteiger partial charge in [-0.2, -0.15) is 0 Å². The number of nitrogens with one attached hydrogen (secondary N) is 1. The number of thiazole rings is 1. The maximum absolute atomic E-state index is 12.1. The van der Waals surface area contributed by atoms with Crippen LogP contribution in [0.3, 0.4) is 0 Å². The molecule has 3 aromatic heterocycles. The van der Waals surface area contributed by atoms with Crippen LogP contribution in [0.2, 0.25) is 0 Å². The minimum Gasteiger partial charge on any atom is -0.302 e. The summed E-state index contributed by atoms with van der Waals surface area (Å²) in [4.78, 5) is 16.5. The van der Waals surface area contributed by atoms with Crippen LogP contribution >= 0.6 is 11.3 Å². The van der Waals surface area contributed by atoms with Crippen LogP contribution in [0.25, 0.3) is 15.9 Å². The van der Waals surface area contributed by atoms with Gasteiger partial charge in [0.25, 0.3) is 0 Å². The zero-order chi connectivity index (χ0) is 16.4. The quantitative estimate of drug-likeness (QED) is 0.606. The fraction of sp³-hybridized carbons (Fsp3) is 0.176. The molecule has 0 saturated carbocycles. The summed E-state index contributed by atoms with van der Waals surface area (Å²) in [7, 11) is 0. The van der Waals surface area contributed by atoms with Crippen LogP contribution in [0.5, 0.6) is 0 Å². The second kappa shape index (κ2) is 6.37. The second-order valence-corrected chi connectivity index (χ2v) is 6.46. The molecule has 7 heteroatoms. The minimum absolute atomic E-state index is 0.0251. The minimum atomic E-state index is -0.0251. The zero-order valence-electron chi connectivity index (χ0n) is 12.8. The van der Waals surface area contributed by atoms with Crippen molar-refractivity contribution in [3.8, 4) is 0 Å². The van der Waals surface area contributed by atoms with Crippen molar-refractivity contribution in [2.24, 2.45) is 0 Å². The number of anilines is 1. The van der Waals surface area contributed by atoms with Crippen LogP contribution in [-0.4, -0.2) is 25.5 Å². The Bertz CT molecular complexity index is 973. The van der Waals surface area contributed by atoms with Gasteiger partial charge in [0.2, 0.25) is 5.91 Å². The lowest BCUT2D eigenvalue weighted by Crippen LogP contribution is -2.11. The van der Waals surface area contributed by atoms with Crippen LogP contribution in [0.15, 0.2) is 48.7 Å². The van der Waals surface area contributed by atoms with Crippen molar-refractivity contribution in [1.29, 1.82) is 0 Å². The molecule has 6 nitrogen and oxygen atoms in total. The highest BCUT2D eigenvalue weighted by Crippen LogP contribution is 2.25. The van der Waals surface area contributed by atoms with Gasteiger partial charge in [0.05, 0.1) is 10.2 Å². The molecule has 4 rings (SSSR count). The Hall–Kier alpha value is -2.80. The first-order valence-electron chi connectivity index (χ1n) is 7.74. The van der Waals surface area contributed by atoms with E-state index in [0.717, 1.165) is 21.7 Å². The molecule has 0 atom stereocenters. The number of aromatic nitrogens is 4. The molecular weight excluding hydrogens is 322 g/mol. The smallest absolute Gasteiger partial charge is 0.226 e. The van der Waals surface area contributed by atoms with E-state index in [1.807, 2.05) is 53.1 Å². The van der Waals surface area contributed by atoms with Crippen LogP contribution in [0.4, 0.5) is 5.13 Å². The highest BCUT2D eigenvalue weighted by Gasteiger charge is 2.09. The molecule has 0 unspecified atom stereocenters. The number of para-hydroxylation sites is 1. The number of carbonyl (C=O) groups excluding carboxylic acids is 1.